The molecule has 2 aliphatic rings. The van der Waals surface area contributed by atoms with Crippen molar-refractivity contribution in [3.05, 3.63) is 35.9 Å². The molecule has 1 amide bonds. The molecule has 19 heavy (non-hydrogen) atoms. The lowest BCUT2D eigenvalue weighted by atomic mass is 9.95. The van der Waals surface area contributed by atoms with Crippen molar-refractivity contribution in [1.29, 1.82) is 0 Å². The number of hydrogen-bond donors (Lipinski definition) is 2. The third-order valence-electron chi connectivity index (χ3n) is 4.21. The largest absolute Gasteiger partial charge is 0.391 e. The predicted molar refractivity (Wildman–Crippen MR) is 72.9 cm³/mol. The maximum absolute atomic E-state index is 12.1. The molecule has 0 spiro atoms. The summed E-state index contributed by atoms with van der Waals surface area (Å²) in [6.07, 6.45) is 2.60. The van der Waals surface area contributed by atoms with Crippen molar-refractivity contribution in [3.63, 3.8) is 0 Å². The molecule has 2 fully saturated rings. The summed E-state index contributed by atoms with van der Waals surface area (Å²) in [5.74, 6) is -0.0459. The molecule has 0 bridgehead atoms. The fourth-order valence-corrected chi connectivity index (χ4v) is 3.28. The van der Waals surface area contributed by atoms with E-state index in [2.05, 4.69) is 10.2 Å². The Morgan fingerprint density at radius 2 is 2.11 bits per heavy atom. The highest BCUT2D eigenvalue weighted by Crippen LogP contribution is 2.27. The number of aliphatic hydroxyl groups is 1. The Labute approximate surface area is 113 Å². The molecule has 0 saturated carbocycles. The molecular formula is C15H20N2O2. The van der Waals surface area contributed by atoms with Crippen LogP contribution in [0.25, 0.3) is 0 Å². The zero-order chi connectivity index (χ0) is 13.2. The van der Waals surface area contributed by atoms with Crippen molar-refractivity contribution in [2.45, 2.75) is 37.5 Å². The molecule has 3 atom stereocenters. The molecule has 4 heteroatoms. The van der Waals surface area contributed by atoms with Gasteiger partial charge in [-0.3, -0.25) is 9.69 Å². The van der Waals surface area contributed by atoms with Gasteiger partial charge in [-0.15, -0.1) is 0 Å². The minimum atomic E-state index is -0.308. The second-order valence-electron chi connectivity index (χ2n) is 5.54. The monoisotopic (exact) mass is 260 g/mol. The number of benzene rings is 1. The van der Waals surface area contributed by atoms with Crippen molar-refractivity contribution in [2.75, 3.05) is 13.1 Å². The summed E-state index contributed by atoms with van der Waals surface area (Å²) in [5.41, 5.74) is 0.681. The van der Waals surface area contributed by atoms with Gasteiger partial charge in [-0.1, -0.05) is 18.2 Å². The fourth-order valence-electron chi connectivity index (χ4n) is 3.28. The van der Waals surface area contributed by atoms with E-state index in [1.165, 1.54) is 0 Å². The van der Waals surface area contributed by atoms with Gasteiger partial charge in [-0.05, 0) is 37.9 Å². The molecule has 0 aliphatic carbocycles. The van der Waals surface area contributed by atoms with Gasteiger partial charge in [-0.2, -0.15) is 0 Å². The first-order valence-electron chi connectivity index (χ1n) is 7.02. The Hall–Kier alpha value is -1.39. The Kier molecular flexibility index (Phi) is 3.53. The molecule has 2 heterocycles. The topological polar surface area (TPSA) is 52.6 Å². The first kappa shape index (κ1) is 12.6. The van der Waals surface area contributed by atoms with E-state index in [1.807, 2.05) is 30.3 Å². The fraction of sp³-hybridized carbons (Fsp3) is 0.533. The number of piperidine rings is 1. The summed E-state index contributed by atoms with van der Waals surface area (Å²) in [4.78, 5) is 14.4. The van der Waals surface area contributed by atoms with E-state index in [1.54, 1.807) is 0 Å². The van der Waals surface area contributed by atoms with Gasteiger partial charge in [0.1, 0.15) is 0 Å². The van der Waals surface area contributed by atoms with Crippen molar-refractivity contribution in [3.8, 4) is 0 Å². The van der Waals surface area contributed by atoms with Crippen LogP contribution in [-0.4, -0.2) is 47.2 Å². The zero-order valence-corrected chi connectivity index (χ0v) is 11.0. The van der Waals surface area contributed by atoms with Gasteiger partial charge in [0, 0.05) is 24.2 Å². The van der Waals surface area contributed by atoms with E-state index < -0.39 is 0 Å². The van der Waals surface area contributed by atoms with Crippen LogP contribution in [0.5, 0.6) is 0 Å². The molecule has 0 radical (unpaired) electrons. The Morgan fingerprint density at radius 1 is 1.32 bits per heavy atom. The van der Waals surface area contributed by atoms with Crippen LogP contribution in [0.3, 0.4) is 0 Å². The second kappa shape index (κ2) is 5.31. The van der Waals surface area contributed by atoms with Crippen LogP contribution in [0.4, 0.5) is 0 Å². The number of nitrogens with one attached hydrogen (secondary N) is 1. The lowest BCUT2D eigenvalue weighted by molar-refractivity contribution is 0.0181. The first-order chi connectivity index (χ1) is 9.24. The summed E-state index contributed by atoms with van der Waals surface area (Å²) < 4.78 is 0. The standard InChI is InChI=1S/C15H20N2O2/c18-14-9-12(10-17-8-4-7-13(14)17)16-15(19)11-5-2-1-3-6-11/h1-3,5-6,12-14,18H,4,7-10H2,(H,16,19)/t12-,13?,14?/m1/s1. The number of rotatable bonds is 2. The minimum absolute atomic E-state index is 0.0459. The predicted octanol–water partition coefficient (Wildman–Crippen LogP) is 1.01. The van der Waals surface area contributed by atoms with Crippen LogP contribution in [0.2, 0.25) is 0 Å². The van der Waals surface area contributed by atoms with Crippen LogP contribution in [0.1, 0.15) is 29.6 Å². The summed E-state index contributed by atoms with van der Waals surface area (Å²) >= 11 is 0. The lowest BCUT2D eigenvalue weighted by Crippen LogP contribution is -2.55. The van der Waals surface area contributed by atoms with Crippen LogP contribution in [0.15, 0.2) is 30.3 Å². The highest BCUT2D eigenvalue weighted by molar-refractivity contribution is 5.94. The molecule has 2 unspecified atom stereocenters. The van der Waals surface area contributed by atoms with Gasteiger partial charge in [0.25, 0.3) is 5.91 Å². The van der Waals surface area contributed by atoms with Crippen LogP contribution in [-0.2, 0) is 0 Å². The van der Waals surface area contributed by atoms with Gasteiger partial charge in [0.15, 0.2) is 0 Å². The molecule has 2 saturated heterocycles. The second-order valence-corrected chi connectivity index (χ2v) is 5.54. The minimum Gasteiger partial charge on any atom is -0.391 e. The van der Waals surface area contributed by atoms with Crippen molar-refractivity contribution in [1.82, 2.24) is 10.2 Å². The molecular weight excluding hydrogens is 240 g/mol. The number of fused-ring (bicyclic) bond motifs is 1. The highest BCUT2D eigenvalue weighted by atomic mass is 16.3. The number of nitrogens with zero attached hydrogens (tertiary/aromatic N) is 1. The number of amides is 1. The van der Waals surface area contributed by atoms with Crippen molar-refractivity contribution < 1.29 is 9.90 Å². The van der Waals surface area contributed by atoms with Gasteiger partial charge in [0.05, 0.1) is 6.10 Å². The van der Waals surface area contributed by atoms with E-state index in [0.29, 0.717) is 18.0 Å². The smallest absolute Gasteiger partial charge is 0.251 e. The molecule has 2 N–H and O–H groups in total. The Bertz CT molecular complexity index is 449. The van der Waals surface area contributed by atoms with Crippen molar-refractivity contribution >= 4 is 5.91 Å². The number of carbonyl (C=O) groups is 1. The van der Waals surface area contributed by atoms with Crippen LogP contribution >= 0.6 is 0 Å². The maximum atomic E-state index is 12.1. The summed E-state index contributed by atoms with van der Waals surface area (Å²) in [6.45, 7) is 1.90. The molecule has 1 aromatic carbocycles. The zero-order valence-electron chi connectivity index (χ0n) is 11.0. The number of hydrogen-bond acceptors (Lipinski definition) is 3. The Morgan fingerprint density at radius 3 is 2.89 bits per heavy atom. The first-order valence-corrected chi connectivity index (χ1v) is 7.02. The normalized spacial score (nSPS) is 30.9. The van der Waals surface area contributed by atoms with Crippen molar-refractivity contribution in [2.24, 2.45) is 0 Å². The molecule has 3 rings (SSSR count). The maximum Gasteiger partial charge on any atom is 0.251 e. The SMILES string of the molecule is O=C(N[C@@H]1CC(O)C2CCCN2C1)c1ccccc1. The van der Waals surface area contributed by atoms with Gasteiger partial charge < -0.3 is 10.4 Å². The third kappa shape index (κ3) is 2.65. The van der Waals surface area contributed by atoms with E-state index in [-0.39, 0.29) is 18.1 Å². The third-order valence-corrected chi connectivity index (χ3v) is 4.21. The Balaban J connectivity index is 1.63. The highest BCUT2D eigenvalue weighted by Gasteiger charge is 2.38. The number of carbonyl (C=O) groups excluding carboxylic acids is 1. The molecule has 2 aliphatic heterocycles. The van der Waals surface area contributed by atoms with E-state index >= 15 is 0 Å². The molecule has 4 nitrogen and oxygen atoms in total. The quantitative estimate of drug-likeness (QED) is 0.834. The van der Waals surface area contributed by atoms with Gasteiger partial charge in [-0.25, -0.2) is 0 Å². The van der Waals surface area contributed by atoms with E-state index in [9.17, 15) is 9.90 Å². The average Bonchev–Trinajstić information content (AvgIpc) is 2.88. The van der Waals surface area contributed by atoms with Crippen LogP contribution in [0, 0.1) is 0 Å². The van der Waals surface area contributed by atoms with Crippen LogP contribution < -0.4 is 5.32 Å². The average molecular weight is 260 g/mol. The summed E-state index contributed by atoms with van der Waals surface area (Å²) in [7, 11) is 0. The molecule has 0 aromatic heterocycles. The van der Waals surface area contributed by atoms with Gasteiger partial charge >= 0.3 is 0 Å². The lowest BCUT2D eigenvalue weighted by Gasteiger charge is -2.38. The van der Waals surface area contributed by atoms with E-state index in [0.717, 1.165) is 25.9 Å². The summed E-state index contributed by atoms with van der Waals surface area (Å²) in [6, 6.07) is 9.61. The molecule has 1 aromatic rings. The van der Waals surface area contributed by atoms with E-state index in [4.69, 9.17) is 0 Å². The number of aliphatic hydroxyl groups excluding tert-OH is 1. The summed E-state index contributed by atoms with van der Waals surface area (Å²) in [5, 5.41) is 13.2. The molecule has 102 valence electrons. The van der Waals surface area contributed by atoms with Gasteiger partial charge in [0.2, 0.25) is 0 Å².